The lowest BCUT2D eigenvalue weighted by molar-refractivity contribution is -0.286. The molecule has 0 bridgehead atoms. The minimum atomic E-state index is -3.55. The van der Waals surface area contributed by atoms with Gasteiger partial charge in [0.05, 0.1) is 0 Å². The molecule has 21 heavy (non-hydrogen) atoms. The van der Waals surface area contributed by atoms with Gasteiger partial charge in [-0.25, -0.2) is 0 Å². The summed E-state index contributed by atoms with van der Waals surface area (Å²) in [6.45, 7) is 15.0. The van der Waals surface area contributed by atoms with Crippen molar-refractivity contribution in [1.29, 1.82) is 0 Å². The van der Waals surface area contributed by atoms with Crippen LogP contribution in [0.3, 0.4) is 0 Å². The van der Waals surface area contributed by atoms with Crippen LogP contribution in [-0.2, 0) is 5.41 Å². The number of hydrogen-bond acceptors (Lipinski definition) is 2. The molecule has 2 aliphatic rings. The molecule has 0 saturated heterocycles. The third-order valence-electron chi connectivity index (χ3n) is 5.98. The van der Waals surface area contributed by atoms with Gasteiger partial charge in [0.2, 0.25) is 0 Å². The van der Waals surface area contributed by atoms with Crippen molar-refractivity contribution in [3.63, 3.8) is 0 Å². The highest BCUT2D eigenvalue weighted by Gasteiger charge is 2.74. The summed E-state index contributed by atoms with van der Waals surface area (Å²) in [6.07, 6.45) is -3.55. The van der Waals surface area contributed by atoms with Crippen molar-refractivity contribution in [1.82, 2.24) is 0 Å². The first-order valence-electron chi connectivity index (χ1n) is 7.43. The van der Waals surface area contributed by atoms with E-state index in [0.29, 0.717) is 0 Å². The zero-order valence-electron chi connectivity index (χ0n) is 13.8. The molecule has 0 aromatic heterocycles. The molecule has 1 aliphatic heterocycles. The molecule has 118 valence electrons. The maximum Gasteiger partial charge on any atom is 0.586 e. The van der Waals surface area contributed by atoms with E-state index < -0.39 is 6.29 Å². The van der Waals surface area contributed by atoms with Crippen LogP contribution in [0, 0.1) is 10.8 Å². The molecule has 4 heteroatoms. The first-order chi connectivity index (χ1) is 9.53. The summed E-state index contributed by atoms with van der Waals surface area (Å²) in [5.74, 6) is 0.232. The Morgan fingerprint density at radius 2 is 1.29 bits per heavy atom. The van der Waals surface area contributed by atoms with E-state index in [0.717, 1.165) is 5.56 Å². The van der Waals surface area contributed by atoms with E-state index >= 15 is 0 Å². The highest BCUT2D eigenvalue weighted by Crippen LogP contribution is 2.78. The van der Waals surface area contributed by atoms with Crippen molar-refractivity contribution in [3.8, 4) is 11.5 Å². The Labute approximate surface area is 125 Å². The average Bonchev–Trinajstić information content (AvgIpc) is 2.65. The summed E-state index contributed by atoms with van der Waals surface area (Å²) in [4.78, 5) is 0. The minimum absolute atomic E-state index is 0.0593. The summed E-state index contributed by atoms with van der Waals surface area (Å²) >= 11 is 0. The standard InChI is InChI=1S/C15H18F2O2.C2H6/c1-12(2)13(3,4)14(12,5)9-6-7-10-11(8-9)19-15(16,17)18-10;1-2/h6-8H,1-5H3;1-2H3. The van der Waals surface area contributed by atoms with Crippen LogP contribution in [0.2, 0.25) is 0 Å². The van der Waals surface area contributed by atoms with Gasteiger partial charge < -0.3 is 9.47 Å². The van der Waals surface area contributed by atoms with E-state index in [9.17, 15) is 8.78 Å². The topological polar surface area (TPSA) is 18.5 Å². The van der Waals surface area contributed by atoms with Gasteiger partial charge in [-0.2, -0.15) is 0 Å². The van der Waals surface area contributed by atoms with E-state index in [-0.39, 0.29) is 27.7 Å². The Hall–Kier alpha value is -1.32. The number of hydrogen-bond donors (Lipinski definition) is 0. The SMILES string of the molecule is CC.CC1(C)C(C)(C)C1(C)c1ccc2c(c1)OC(F)(F)O2. The van der Waals surface area contributed by atoms with Crippen LogP contribution in [0.25, 0.3) is 0 Å². The first kappa shape index (κ1) is 16.1. The van der Waals surface area contributed by atoms with Crippen LogP contribution in [0.1, 0.15) is 54.0 Å². The molecule has 1 aromatic carbocycles. The summed E-state index contributed by atoms with van der Waals surface area (Å²) in [5.41, 5.74) is 1.17. The van der Waals surface area contributed by atoms with Crippen LogP contribution < -0.4 is 9.47 Å². The summed E-state index contributed by atoms with van der Waals surface area (Å²) < 4.78 is 35.1. The van der Waals surface area contributed by atoms with Crippen LogP contribution in [-0.4, -0.2) is 6.29 Å². The fraction of sp³-hybridized carbons (Fsp3) is 0.647. The Balaban J connectivity index is 0.000000774. The number of rotatable bonds is 1. The van der Waals surface area contributed by atoms with Crippen molar-refractivity contribution < 1.29 is 18.3 Å². The van der Waals surface area contributed by atoms with Gasteiger partial charge in [0.15, 0.2) is 11.5 Å². The largest absolute Gasteiger partial charge is 0.586 e. The van der Waals surface area contributed by atoms with Gasteiger partial charge in [0.1, 0.15) is 0 Å². The molecule has 0 unspecified atom stereocenters. The van der Waals surface area contributed by atoms with Crippen LogP contribution in [0.15, 0.2) is 18.2 Å². The van der Waals surface area contributed by atoms with Gasteiger partial charge in [-0.1, -0.05) is 54.5 Å². The number of ether oxygens (including phenoxy) is 2. The summed E-state index contributed by atoms with van der Waals surface area (Å²) in [6, 6.07) is 5.12. The van der Waals surface area contributed by atoms with Gasteiger partial charge in [-0.05, 0) is 28.5 Å². The molecule has 1 aromatic rings. The van der Waals surface area contributed by atoms with Crippen molar-refractivity contribution in [2.24, 2.45) is 10.8 Å². The molecule has 1 aliphatic carbocycles. The van der Waals surface area contributed by atoms with E-state index in [1.54, 1.807) is 12.1 Å². The van der Waals surface area contributed by atoms with Gasteiger partial charge in [0.25, 0.3) is 0 Å². The molecule has 1 saturated carbocycles. The quantitative estimate of drug-likeness (QED) is 0.695. The Morgan fingerprint density at radius 1 is 0.810 bits per heavy atom. The molecule has 0 N–H and O–H groups in total. The Kier molecular flexibility index (Phi) is 3.32. The molecule has 0 radical (unpaired) electrons. The third-order valence-corrected chi connectivity index (χ3v) is 5.98. The smallest absolute Gasteiger partial charge is 0.395 e. The van der Waals surface area contributed by atoms with Gasteiger partial charge in [-0.15, -0.1) is 8.78 Å². The van der Waals surface area contributed by atoms with Crippen molar-refractivity contribution in [2.45, 2.75) is 60.2 Å². The highest BCUT2D eigenvalue weighted by atomic mass is 19.3. The number of alkyl halides is 2. The van der Waals surface area contributed by atoms with E-state index in [2.05, 4.69) is 44.1 Å². The second kappa shape index (κ2) is 4.34. The molecule has 3 rings (SSSR count). The van der Waals surface area contributed by atoms with Crippen LogP contribution >= 0.6 is 0 Å². The second-order valence-electron chi connectivity index (χ2n) is 6.70. The average molecular weight is 298 g/mol. The minimum Gasteiger partial charge on any atom is -0.395 e. The van der Waals surface area contributed by atoms with Crippen molar-refractivity contribution in [2.75, 3.05) is 0 Å². The fourth-order valence-electron chi connectivity index (χ4n) is 3.58. The summed E-state index contributed by atoms with van der Waals surface area (Å²) in [5, 5.41) is 0. The predicted octanol–water partition coefficient (Wildman–Crippen LogP) is 5.36. The number of fused-ring (bicyclic) bond motifs is 1. The number of benzene rings is 1. The van der Waals surface area contributed by atoms with Crippen molar-refractivity contribution in [3.05, 3.63) is 23.8 Å². The highest BCUT2D eigenvalue weighted by molar-refractivity contribution is 5.51. The maximum atomic E-state index is 13.0. The normalized spacial score (nSPS) is 24.8. The Morgan fingerprint density at radius 3 is 1.76 bits per heavy atom. The summed E-state index contributed by atoms with van der Waals surface area (Å²) in [7, 11) is 0. The molecule has 0 spiro atoms. The fourth-order valence-corrected chi connectivity index (χ4v) is 3.58. The molecule has 1 fully saturated rings. The zero-order chi connectivity index (χ0) is 16.3. The second-order valence-corrected chi connectivity index (χ2v) is 6.70. The monoisotopic (exact) mass is 298 g/mol. The van der Waals surface area contributed by atoms with Gasteiger partial charge in [-0.3, -0.25) is 0 Å². The Bertz CT molecular complexity index is 548. The molecule has 0 atom stereocenters. The van der Waals surface area contributed by atoms with Gasteiger partial charge in [0, 0.05) is 5.41 Å². The van der Waals surface area contributed by atoms with Crippen LogP contribution in [0.4, 0.5) is 8.78 Å². The maximum absolute atomic E-state index is 13.0. The van der Waals surface area contributed by atoms with Gasteiger partial charge >= 0.3 is 6.29 Å². The lowest BCUT2D eigenvalue weighted by atomic mass is 9.88. The molecule has 2 nitrogen and oxygen atoms in total. The molecular weight excluding hydrogens is 274 g/mol. The lowest BCUT2D eigenvalue weighted by Crippen LogP contribution is -2.25. The molecule has 0 amide bonds. The van der Waals surface area contributed by atoms with Crippen molar-refractivity contribution >= 4 is 0 Å². The van der Waals surface area contributed by atoms with Crippen LogP contribution in [0.5, 0.6) is 11.5 Å². The first-order valence-corrected chi connectivity index (χ1v) is 7.43. The lowest BCUT2D eigenvalue weighted by Gasteiger charge is -2.16. The predicted molar refractivity (Wildman–Crippen MR) is 78.9 cm³/mol. The zero-order valence-corrected chi connectivity index (χ0v) is 13.8. The molecule has 1 heterocycles. The third kappa shape index (κ3) is 1.87. The number of halogens is 2. The van der Waals surface area contributed by atoms with E-state index in [1.807, 2.05) is 19.9 Å². The van der Waals surface area contributed by atoms with E-state index in [4.69, 9.17) is 0 Å². The van der Waals surface area contributed by atoms with E-state index in [1.165, 1.54) is 0 Å². The molecular formula is C17H24F2O2.